The number of aromatic hydroxyl groups is 1. The lowest BCUT2D eigenvalue weighted by molar-refractivity contribution is 0.0689. The van der Waals surface area contributed by atoms with E-state index in [9.17, 15) is 9.90 Å². The average Bonchev–Trinajstić information content (AvgIpc) is 2.73. The van der Waals surface area contributed by atoms with Crippen molar-refractivity contribution in [2.75, 3.05) is 0 Å². The Morgan fingerprint density at radius 1 is 1.24 bits per heavy atom. The highest BCUT2D eigenvalue weighted by Gasteiger charge is 2.12. The van der Waals surface area contributed by atoms with Crippen LogP contribution in [0.1, 0.15) is 10.5 Å². The Morgan fingerprint density at radius 3 is 2.82 bits per heavy atom. The molecule has 1 aromatic carbocycles. The number of hydrogen-bond donors (Lipinski definition) is 2. The number of rotatable bonds is 1. The molecule has 5 heteroatoms. The van der Waals surface area contributed by atoms with Crippen LogP contribution < -0.4 is 0 Å². The number of phenolic OH excluding ortho intramolecular Hbond substituents is 1. The van der Waals surface area contributed by atoms with Crippen molar-refractivity contribution in [1.29, 1.82) is 0 Å². The number of fused-ring (bicyclic) bond motifs is 3. The Bertz CT molecular complexity index is 746. The van der Waals surface area contributed by atoms with Gasteiger partial charge in [-0.2, -0.15) is 0 Å². The largest absolute Gasteiger partial charge is 0.507 e. The minimum Gasteiger partial charge on any atom is -0.507 e. The summed E-state index contributed by atoms with van der Waals surface area (Å²) in [6.07, 6.45) is 2.90. The topological polar surface area (TPSA) is 74.8 Å². The van der Waals surface area contributed by atoms with Crippen LogP contribution in [0.15, 0.2) is 36.7 Å². The van der Waals surface area contributed by atoms with Gasteiger partial charge in [0.05, 0.1) is 6.20 Å². The predicted molar refractivity (Wildman–Crippen MR) is 61.3 cm³/mol. The van der Waals surface area contributed by atoms with Crippen molar-refractivity contribution in [3.63, 3.8) is 0 Å². The molecule has 0 fully saturated rings. The molecule has 0 saturated heterocycles. The second-order valence-corrected chi connectivity index (χ2v) is 3.70. The Labute approximate surface area is 95.6 Å². The molecule has 5 nitrogen and oxygen atoms in total. The van der Waals surface area contributed by atoms with E-state index < -0.39 is 5.97 Å². The van der Waals surface area contributed by atoms with Crippen LogP contribution in [0.5, 0.6) is 5.75 Å². The maximum atomic E-state index is 11.0. The Balaban J connectivity index is 2.50. The Kier molecular flexibility index (Phi) is 1.82. The molecule has 0 atom stereocenters. The zero-order valence-electron chi connectivity index (χ0n) is 8.66. The van der Waals surface area contributed by atoms with Crippen LogP contribution in [0.2, 0.25) is 0 Å². The van der Waals surface area contributed by atoms with Crippen LogP contribution in [0.25, 0.3) is 16.4 Å². The summed E-state index contributed by atoms with van der Waals surface area (Å²) < 4.78 is 1.49. The van der Waals surface area contributed by atoms with Gasteiger partial charge < -0.3 is 10.2 Å². The molecule has 0 unspecified atom stereocenters. The van der Waals surface area contributed by atoms with Gasteiger partial charge >= 0.3 is 5.97 Å². The van der Waals surface area contributed by atoms with E-state index in [1.807, 2.05) is 0 Å². The highest BCUT2D eigenvalue weighted by Crippen LogP contribution is 2.27. The smallest absolute Gasteiger partial charge is 0.354 e. The van der Waals surface area contributed by atoms with Crippen LogP contribution in [0, 0.1) is 0 Å². The molecular formula is C12H8N2O3. The van der Waals surface area contributed by atoms with E-state index in [-0.39, 0.29) is 11.4 Å². The fraction of sp³-hybridized carbons (Fsp3) is 0. The van der Waals surface area contributed by atoms with Gasteiger partial charge in [-0.05, 0) is 12.1 Å². The van der Waals surface area contributed by atoms with E-state index in [0.717, 1.165) is 5.39 Å². The van der Waals surface area contributed by atoms with E-state index >= 15 is 0 Å². The number of phenols is 1. The summed E-state index contributed by atoms with van der Waals surface area (Å²) in [7, 11) is 0. The summed E-state index contributed by atoms with van der Waals surface area (Å²) in [5, 5.41) is 20.1. The van der Waals surface area contributed by atoms with Crippen molar-refractivity contribution in [1.82, 2.24) is 9.38 Å². The maximum absolute atomic E-state index is 11.0. The molecule has 0 aliphatic rings. The lowest BCUT2D eigenvalue weighted by Crippen LogP contribution is -2.01. The molecule has 3 aromatic rings. The summed E-state index contributed by atoms with van der Waals surface area (Å²) in [6, 6.07) is 6.75. The van der Waals surface area contributed by atoms with E-state index in [0.29, 0.717) is 11.0 Å². The summed E-state index contributed by atoms with van der Waals surface area (Å²) in [5.74, 6) is -0.873. The molecule has 0 aliphatic carbocycles. The van der Waals surface area contributed by atoms with Crippen LogP contribution >= 0.6 is 0 Å². The Morgan fingerprint density at radius 2 is 2.06 bits per heavy atom. The van der Waals surface area contributed by atoms with E-state index in [4.69, 9.17) is 5.11 Å². The third-order valence-corrected chi connectivity index (χ3v) is 2.73. The number of carboxylic acids is 1. The number of pyridine rings is 1. The number of nitrogens with zero attached hydrogens (tertiary/aromatic N) is 2. The molecule has 0 amide bonds. The first-order valence-electron chi connectivity index (χ1n) is 4.99. The summed E-state index contributed by atoms with van der Waals surface area (Å²) in [6.45, 7) is 0. The molecule has 2 heterocycles. The number of imidazole rings is 1. The molecule has 0 radical (unpaired) electrons. The van der Waals surface area contributed by atoms with Crippen molar-refractivity contribution < 1.29 is 15.0 Å². The highest BCUT2D eigenvalue weighted by molar-refractivity contribution is 5.99. The summed E-state index contributed by atoms with van der Waals surface area (Å²) in [5.41, 5.74) is 0.626. The van der Waals surface area contributed by atoms with Crippen molar-refractivity contribution in [2.24, 2.45) is 0 Å². The first-order valence-corrected chi connectivity index (χ1v) is 4.99. The molecule has 17 heavy (non-hydrogen) atoms. The fourth-order valence-corrected chi connectivity index (χ4v) is 1.94. The third kappa shape index (κ3) is 1.25. The number of hydrogen-bond acceptors (Lipinski definition) is 3. The van der Waals surface area contributed by atoms with Gasteiger partial charge in [0, 0.05) is 17.0 Å². The van der Waals surface area contributed by atoms with Gasteiger partial charge in [-0.1, -0.05) is 12.1 Å². The maximum Gasteiger partial charge on any atom is 0.354 e. The van der Waals surface area contributed by atoms with Gasteiger partial charge in [-0.25, -0.2) is 9.78 Å². The van der Waals surface area contributed by atoms with Gasteiger partial charge in [-0.15, -0.1) is 0 Å². The fourth-order valence-electron chi connectivity index (χ4n) is 1.94. The van der Waals surface area contributed by atoms with Crippen LogP contribution in [-0.2, 0) is 0 Å². The number of aromatic nitrogens is 2. The highest BCUT2D eigenvalue weighted by atomic mass is 16.4. The van der Waals surface area contributed by atoms with Crippen LogP contribution in [-0.4, -0.2) is 25.6 Å². The quantitative estimate of drug-likeness (QED) is 0.667. The molecule has 0 aliphatic heterocycles. The first kappa shape index (κ1) is 9.65. The van der Waals surface area contributed by atoms with E-state index in [1.165, 1.54) is 10.6 Å². The van der Waals surface area contributed by atoms with E-state index in [1.54, 1.807) is 30.5 Å². The minimum absolute atomic E-state index is 0.102. The summed E-state index contributed by atoms with van der Waals surface area (Å²) >= 11 is 0. The first-order chi connectivity index (χ1) is 8.18. The van der Waals surface area contributed by atoms with Crippen molar-refractivity contribution >= 4 is 22.4 Å². The normalized spacial score (nSPS) is 11.1. The van der Waals surface area contributed by atoms with E-state index in [2.05, 4.69) is 4.98 Å². The molecule has 0 saturated carbocycles. The monoisotopic (exact) mass is 228 g/mol. The molecular weight excluding hydrogens is 220 g/mol. The number of carbonyl (C=O) groups is 1. The Hall–Kier alpha value is -2.56. The van der Waals surface area contributed by atoms with Crippen LogP contribution in [0.4, 0.5) is 0 Å². The number of carboxylic acid groups (broad SMARTS) is 1. The third-order valence-electron chi connectivity index (χ3n) is 2.73. The minimum atomic E-state index is -1.03. The zero-order chi connectivity index (χ0) is 12.0. The second-order valence-electron chi connectivity index (χ2n) is 3.70. The number of aromatic carboxylic acids is 1. The second kappa shape index (κ2) is 3.21. The van der Waals surface area contributed by atoms with Gasteiger partial charge in [0.2, 0.25) is 0 Å². The average molecular weight is 228 g/mol. The summed E-state index contributed by atoms with van der Waals surface area (Å²) in [4.78, 5) is 15.0. The lowest BCUT2D eigenvalue weighted by Gasteiger charge is -2.03. The lowest BCUT2D eigenvalue weighted by atomic mass is 10.1. The van der Waals surface area contributed by atoms with Gasteiger partial charge in [0.25, 0.3) is 0 Å². The van der Waals surface area contributed by atoms with Gasteiger partial charge in [0.1, 0.15) is 11.4 Å². The molecule has 2 aromatic heterocycles. The van der Waals surface area contributed by atoms with Crippen molar-refractivity contribution in [3.8, 4) is 5.75 Å². The number of benzene rings is 1. The van der Waals surface area contributed by atoms with Gasteiger partial charge in [-0.3, -0.25) is 4.40 Å². The molecule has 0 spiro atoms. The molecule has 84 valence electrons. The molecule has 2 N–H and O–H groups in total. The molecule has 3 rings (SSSR count). The van der Waals surface area contributed by atoms with Crippen molar-refractivity contribution in [2.45, 2.75) is 0 Å². The van der Waals surface area contributed by atoms with Crippen LogP contribution in [0.3, 0.4) is 0 Å². The predicted octanol–water partition coefficient (Wildman–Crippen LogP) is 1.89. The molecule has 0 bridgehead atoms. The van der Waals surface area contributed by atoms with Gasteiger partial charge in [0.15, 0.2) is 5.69 Å². The van der Waals surface area contributed by atoms with Crippen molar-refractivity contribution in [3.05, 3.63) is 42.4 Å². The SMILES string of the molecule is O=C(O)c1cnc2c3cccc(O)c3ccn12. The standard InChI is InChI=1S/C12H8N2O3/c15-10-3-1-2-8-7(10)4-5-14-9(12(16)17)6-13-11(8)14/h1-6,15H,(H,16,17). The zero-order valence-corrected chi connectivity index (χ0v) is 8.66.